The van der Waals surface area contributed by atoms with Gasteiger partial charge in [-0.05, 0) is 144 Å². The second-order valence-electron chi connectivity index (χ2n) is 18.8. The van der Waals surface area contributed by atoms with E-state index in [-0.39, 0.29) is 0 Å². The van der Waals surface area contributed by atoms with Gasteiger partial charge in [0.05, 0.1) is 5.69 Å². The Hall–Kier alpha value is -9.28. The maximum atomic E-state index is 2.43. The van der Waals surface area contributed by atoms with Crippen molar-refractivity contribution in [1.29, 1.82) is 0 Å². The lowest BCUT2D eigenvalue weighted by Gasteiger charge is -2.28. The van der Waals surface area contributed by atoms with E-state index in [1.165, 1.54) is 85.5 Å². The van der Waals surface area contributed by atoms with E-state index < -0.39 is 0 Å². The summed E-state index contributed by atoms with van der Waals surface area (Å²) in [6.07, 6.45) is 0. The van der Waals surface area contributed by atoms with E-state index >= 15 is 0 Å². The smallest absolute Gasteiger partial charge is 0.0540 e. The first-order valence-corrected chi connectivity index (χ1v) is 25.8. The van der Waals surface area contributed by atoms with Gasteiger partial charge in [0.1, 0.15) is 0 Å². The minimum Gasteiger partial charge on any atom is -0.311 e. The molecule has 0 saturated heterocycles. The molecule has 0 saturated carbocycles. The molecule has 0 aliphatic rings. The minimum absolute atomic E-state index is 1.08. The Morgan fingerprint density at radius 1 is 0.219 bits per heavy atom. The van der Waals surface area contributed by atoms with Crippen LogP contribution in [0.5, 0.6) is 0 Å². The molecule has 0 atom stereocenters. The highest BCUT2D eigenvalue weighted by atomic mass is 32.1. The molecule has 0 aliphatic carbocycles. The third kappa shape index (κ3) is 7.40. The van der Waals surface area contributed by atoms with Crippen molar-refractivity contribution < 1.29 is 0 Å². The van der Waals surface area contributed by atoms with Gasteiger partial charge in [-0.15, -0.1) is 11.3 Å². The van der Waals surface area contributed by atoms with E-state index in [1.807, 2.05) is 11.3 Å². The third-order valence-corrected chi connectivity index (χ3v) is 15.9. The second kappa shape index (κ2) is 17.8. The topological polar surface area (TPSA) is 6.48 Å². The van der Waals surface area contributed by atoms with E-state index in [4.69, 9.17) is 0 Å². The van der Waals surface area contributed by atoms with Crippen LogP contribution in [0.2, 0.25) is 0 Å². The second-order valence-corrected chi connectivity index (χ2v) is 19.8. The molecule has 3 heteroatoms. The molecule has 0 radical (unpaired) electrons. The van der Waals surface area contributed by atoms with Gasteiger partial charge in [0.25, 0.3) is 0 Å². The highest BCUT2D eigenvalue weighted by Crippen LogP contribution is 2.47. The molecule has 1 heterocycles. The van der Waals surface area contributed by atoms with Gasteiger partial charge in [0, 0.05) is 59.6 Å². The number of hydrogen-bond donors (Lipinski definition) is 0. The summed E-state index contributed by atoms with van der Waals surface area (Å²) in [6, 6.07) is 102. The predicted molar refractivity (Wildman–Crippen MR) is 315 cm³/mol. The third-order valence-electron chi connectivity index (χ3n) is 14.7. The van der Waals surface area contributed by atoms with Gasteiger partial charge in [-0.3, -0.25) is 0 Å². The van der Waals surface area contributed by atoms with Crippen LogP contribution in [0, 0.1) is 0 Å². The van der Waals surface area contributed by atoms with Crippen molar-refractivity contribution in [1.82, 2.24) is 0 Å². The Kier molecular flexibility index (Phi) is 10.4. The first-order chi connectivity index (χ1) is 36.2. The molecule has 13 aromatic carbocycles. The summed E-state index contributed by atoms with van der Waals surface area (Å²) in [6.45, 7) is 0. The summed E-state index contributed by atoms with van der Waals surface area (Å²) in [5.41, 5.74) is 13.8. The highest BCUT2D eigenvalue weighted by molar-refractivity contribution is 7.26. The number of hydrogen-bond acceptors (Lipinski definition) is 3. The quantitative estimate of drug-likeness (QED) is 0.133. The molecule has 0 spiro atoms. The van der Waals surface area contributed by atoms with Crippen molar-refractivity contribution in [3.63, 3.8) is 0 Å². The van der Waals surface area contributed by atoms with E-state index in [0.717, 1.165) is 45.3 Å². The largest absolute Gasteiger partial charge is 0.311 e. The van der Waals surface area contributed by atoms with E-state index in [9.17, 15) is 0 Å². The Balaban J connectivity index is 0.876. The fourth-order valence-corrected chi connectivity index (χ4v) is 12.4. The lowest BCUT2D eigenvalue weighted by molar-refractivity contribution is 1.28. The number of para-hydroxylation sites is 2. The summed E-state index contributed by atoms with van der Waals surface area (Å²) in [5.74, 6) is 0. The zero-order valence-corrected chi connectivity index (χ0v) is 40.7. The molecule has 0 aliphatic heterocycles. The number of thiophene rings is 1. The average molecular weight is 947 g/mol. The Morgan fingerprint density at radius 3 is 1.21 bits per heavy atom. The van der Waals surface area contributed by atoms with Gasteiger partial charge in [-0.25, -0.2) is 0 Å². The standard InChI is InChI=1S/C70H46N2S/c1-3-16-51(17-4-1)71(52-18-5-2-6-19-52)53-37-30-47(31-38-53)48-32-39-54(40-33-48)72(68-45-44-61(59-23-11-12-25-63(59)68)65-27-15-28-66-64-26-13-14-29-69(64)73-70(65)66)55-41-34-49(35-42-55)50-36-43-62-58-22-8-7-20-56(58)57-21-9-10-24-60(57)67(62)46-50/h1-46H. The molecular formula is C70H46N2S. The summed E-state index contributed by atoms with van der Waals surface area (Å²) in [5, 5.41) is 12.7. The number of nitrogens with zero attached hydrogens (tertiary/aromatic N) is 2. The molecule has 2 nitrogen and oxygen atoms in total. The zero-order valence-electron chi connectivity index (χ0n) is 39.9. The lowest BCUT2D eigenvalue weighted by Crippen LogP contribution is -2.10. The first-order valence-electron chi connectivity index (χ1n) is 25.0. The molecule has 73 heavy (non-hydrogen) atoms. The van der Waals surface area contributed by atoms with Gasteiger partial charge in [0.15, 0.2) is 0 Å². The number of benzene rings is 13. The van der Waals surface area contributed by atoms with Crippen molar-refractivity contribution in [2.45, 2.75) is 0 Å². The van der Waals surface area contributed by atoms with Crippen molar-refractivity contribution in [3.8, 4) is 33.4 Å². The summed E-state index contributed by atoms with van der Waals surface area (Å²) in [4.78, 5) is 4.73. The normalized spacial score (nSPS) is 11.6. The van der Waals surface area contributed by atoms with E-state index in [2.05, 4.69) is 289 Å². The molecule has 14 aromatic rings. The van der Waals surface area contributed by atoms with Gasteiger partial charge < -0.3 is 9.80 Å². The van der Waals surface area contributed by atoms with E-state index in [1.54, 1.807) is 0 Å². The van der Waals surface area contributed by atoms with Gasteiger partial charge >= 0.3 is 0 Å². The van der Waals surface area contributed by atoms with Crippen molar-refractivity contribution >= 4 is 109 Å². The zero-order chi connectivity index (χ0) is 48.2. The van der Waals surface area contributed by atoms with Crippen LogP contribution >= 0.6 is 11.3 Å². The van der Waals surface area contributed by atoms with Crippen molar-refractivity contribution in [2.24, 2.45) is 0 Å². The average Bonchev–Trinajstić information content (AvgIpc) is 3.86. The first kappa shape index (κ1) is 42.6. The maximum absolute atomic E-state index is 2.43. The van der Waals surface area contributed by atoms with Crippen molar-refractivity contribution in [3.05, 3.63) is 279 Å². The van der Waals surface area contributed by atoms with Gasteiger partial charge in [0.2, 0.25) is 0 Å². The van der Waals surface area contributed by atoms with Gasteiger partial charge in [-0.2, -0.15) is 0 Å². The molecule has 342 valence electrons. The van der Waals surface area contributed by atoms with Crippen LogP contribution in [0.3, 0.4) is 0 Å². The predicted octanol–water partition coefficient (Wildman–Crippen LogP) is 20.6. The lowest BCUT2D eigenvalue weighted by atomic mass is 9.92. The summed E-state index contributed by atoms with van der Waals surface area (Å²) >= 11 is 1.88. The number of rotatable bonds is 9. The van der Waals surface area contributed by atoms with Crippen LogP contribution in [-0.4, -0.2) is 0 Å². The minimum atomic E-state index is 1.08. The highest BCUT2D eigenvalue weighted by Gasteiger charge is 2.20. The molecule has 0 bridgehead atoms. The summed E-state index contributed by atoms with van der Waals surface area (Å²) in [7, 11) is 0. The Labute approximate surface area is 428 Å². The van der Waals surface area contributed by atoms with Crippen LogP contribution in [0.25, 0.3) is 96.6 Å². The maximum Gasteiger partial charge on any atom is 0.0540 e. The Bertz CT molecular complexity index is 4280. The van der Waals surface area contributed by atoms with Crippen LogP contribution in [0.4, 0.5) is 34.1 Å². The van der Waals surface area contributed by atoms with E-state index in [0.29, 0.717) is 0 Å². The molecule has 0 amide bonds. The van der Waals surface area contributed by atoms with Crippen LogP contribution in [0.1, 0.15) is 0 Å². The molecule has 1 aromatic heterocycles. The molecule has 0 unspecified atom stereocenters. The van der Waals surface area contributed by atoms with Gasteiger partial charge in [-0.1, -0.05) is 200 Å². The fourth-order valence-electron chi connectivity index (χ4n) is 11.2. The van der Waals surface area contributed by atoms with Crippen LogP contribution in [0.15, 0.2) is 279 Å². The SMILES string of the molecule is c1ccc(N(c2ccccc2)c2ccc(-c3ccc(N(c4ccc(-c5ccc6c7ccccc7c7ccccc7c6c5)cc4)c4ccc(-c5cccc6c5sc5ccccc56)c5ccccc45)cc3)cc2)cc1. The number of fused-ring (bicyclic) bond motifs is 10. The summed E-state index contributed by atoms with van der Waals surface area (Å²) < 4.78 is 2.63. The fraction of sp³-hybridized carbons (Fsp3) is 0. The molecular weight excluding hydrogens is 901 g/mol. The monoisotopic (exact) mass is 946 g/mol. The van der Waals surface area contributed by atoms with Crippen molar-refractivity contribution in [2.75, 3.05) is 9.80 Å². The van der Waals surface area contributed by atoms with Crippen LogP contribution in [-0.2, 0) is 0 Å². The van der Waals surface area contributed by atoms with Crippen LogP contribution < -0.4 is 9.80 Å². The Morgan fingerprint density at radius 2 is 0.630 bits per heavy atom. The molecule has 14 rings (SSSR count). The number of anilines is 6. The molecule has 0 fully saturated rings. The molecule has 0 N–H and O–H groups in total.